The molecule has 3 N–H and O–H groups in total. The molecule has 1 aromatic heterocycles. The largest absolute Gasteiger partial charge is 0.458 e. The molecular weight excluding hydrogens is 298 g/mol. The SMILES string of the molecule is NS(=O)(=O)c1c(C(=O)OCC2CCCO2)n[nH]c1C1CC1. The average molecular weight is 315 g/mol. The number of nitrogens with zero attached hydrogens (tertiary/aromatic N) is 1. The van der Waals surface area contributed by atoms with Crippen LogP contribution in [0.3, 0.4) is 0 Å². The third kappa shape index (κ3) is 3.09. The summed E-state index contributed by atoms with van der Waals surface area (Å²) in [4.78, 5) is 11.8. The zero-order valence-corrected chi connectivity index (χ0v) is 12.2. The minimum absolute atomic E-state index is 0.0746. The minimum Gasteiger partial charge on any atom is -0.458 e. The van der Waals surface area contributed by atoms with Crippen LogP contribution in [0, 0.1) is 0 Å². The van der Waals surface area contributed by atoms with E-state index in [1.807, 2.05) is 0 Å². The van der Waals surface area contributed by atoms with Crippen LogP contribution in [0.1, 0.15) is 47.8 Å². The standard InChI is InChI=1S/C12H17N3O5S/c13-21(17,18)11-9(7-3-4-7)14-15-10(11)12(16)20-6-8-2-1-5-19-8/h7-8H,1-6H2,(H,14,15)(H2,13,17,18). The third-order valence-electron chi connectivity index (χ3n) is 3.64. The lowest BCUT2D eigenvalue weighted by atomic mass is 10.2. The number of nitrogens with two attached hydrogens (primary N) is 1. The first-order chi connectivity index (χ1) is 9.97. The smallest absolute Gasteiger partial charge is 0.360 e. The van der Waals surface area contributed by atoms with Gasteiger partial charge in [-0.2, -0.15) is 5.10 Å². The summed E-state index contributed by atoms with van der Waals surface area (Å²) in [7, 11) is -4.03. The predicted octanol–water partition coefficient (Wildman–Crippen LogP) is 0.270. The minimum atomic E-state index is -4.03. The molecule has 2 fully saturated rings. The summed E-state index contributed by atoms with van der Waals surface area (Å²) in [6.07, 6.45) is 3.33. The van der Waals surface area contributed by atoms with Gasteiger partial charge in [0.2, 0.25) is 10.0 Å². The number of H-pyrrole nitrogens is 1. The maximum Gasteiger partial charge on any atom is 0.360 e. The van der Waals surface area contributed by atoms with Crippen molar-refractivity contribution in [1.29, 1.82) is 0 Å². The average Bonchev–Trinajstić information content (AvgIpc) is 2.96. The summed E-state index contributed by atoms with van der Waals surface area (Å²) in [5, 5.41) is 11.6. The van der Waals surface area contributed by atoms with Crippen LogP contribution in [-0.4, -0.2) is 43.9 Å². The molecule has 2 aliphatic rings. The number of esters is 1. The quantitative estimate of drug-likeness (QED) is 0.751. The van der Waals surface area contributed by atoms with E-state index in [0.717, 1.165) is 25.7 Å². The summed E-state index contributed by atoms with van der Waals surface area (Å²) >= 11 is 0. The van der Waals surface area contributed by atoms with Gasteiger partial charge in [0, 0.05) is 12.5 Å². The van der Waals surface area contributed by atoms with Crippen molar-refractivity contribution in [3.63, 3.8) is 0 Å². The van der Waals surface area contributed by atoms with Crippen molar-refractivity contribution in [2.75, 3.05) is 13.2 Å². The molecule has 3 rings (SSSR count). The lowest BCUT2D eigenvalue weighted by Gasteiger charge is -2.09. The van der Waals surface area contributed by atoms with Gasteiger partial charge >= 0.3 is 5.97 Å². The Labute approximate surface area is 122 Å². The second-order valence-corrected chi connectivity index (χ2v) is 6.87. The number of hydrogen-bond acceptors (Lipinski definition) is 6. The van der Waals surface area contributed by atoms with Gasteiger partial charge in [0.15, 0.2) is 5.69 Å². The van der Waals surface area contributed by atoms with Crippen LogP contribution in [0.15, 0.2) is 4.90 Å². The Balaban J connectivity index is 1.79. The number of nitrogens with one attached hydrogen (secondary N) is 1. The normalized spacial score (nSPS) is 22.4. The Bertz CT molecular complexity index is 644. The van der Waals surface area contributed by atoms with Crippen molar-refractivity contribution < 1.29 is 22.7 Å². The molecule has 2 heterocycles. The van der Waals surface area contributed by atoms with Crippen molar-refractivity contribution in [3.8, 4) is 0 Å². The first-order valence-corrected chi connectivity index (χ1v) is 8.41. The van der Waals surface area contributed by atoms with Gasteiger partial charge < -0.3 is 9.47 Å². The van der Waals surface area contributed by atoms with Crippen molar-refractivity contribution in [2.45, 2.75) is 42.6 Å². The highest BCUT2D eigenvalue weighted by molar-refractivity contribution is 7.89. The summed E-state index contributed by atoms with van der Waals surface area (Å²) in [5.74, 6) is -0.719. The molecule has 1 saturated carbocycles. The first-order valence-electron chi connectivity index (χ1n) is 6.86. The number of aromatic amines is 1. The van der Waals surface area contributed by atoms with E-state index < -0.39 is 16.0 Å². The molecule has 0 bridgehead atoms. The van der Waals surface area contributed by atoms with Gasteiger partial charge in [-0.3, -0.25) is 5.10 Å². The Morgan fingerprint density at radius 3 is 2.76 bits per heavy atom. The summed E-state index contributed by atoms with van der Waals surface area (Å²) in [6, 6.07) is 0. The molecule has 1 aliphatic carbocycles. The topological polar surface area (TPSA) is 124 Å². The second-order valence-electron chi connectivity index (χ2n) is 5.37. The zero-order chi connectivity index (χ0) is 15.0. The first kappa shape index (κ1) is 14.5. The Morgan fingerprint density at radius 1 is 1.43 bits per heavy atom. The van der Waals surface area contributed by atoms with E-state index in [9.17, 15) is 13.2 Å². The highest BCUT2D eigenvalue weighted by atomic mass is 32.2. The van der Waals surface area contributed by atoms with Gasteiger partial charge in [-0.05, 0) is 25.7 Å². The molecule has 1 unspecified atom stereocenters. The van der Waals surface area contributed by atoms with Crippen molar-refractivity contribution in [1.82, 2.24) is 10.2 Å². The van der Waals surface area contributed by atoms with Gasteiger partial charge in [-0.25, -0.2) is 18.4 Å². The highest BCUT2D eigenvalue weighted by Gasteiger charge is 2.36. The number of carbonyl (C=O) groups is 1. The maximum atomic E-state index is 12.0. The van der Waals surface area contributed by atoms with Crippen LogP contribution < -0.4 is 5.14 Å². The third-order valence-corrected chi connectivity index (χ3v) is 4.62. The van der Waals surface area contributed by atoms with E-state index in [1.54, 1.807) is 0 Å². The molecule has 0 aromatic carbocycles. The molecule has 1 saturated heterocycles. The van der Waals surface area contributed by atoms with Crippen molar-refractivity contribution in [3.05, 3.63) is 11.4 Å². The number of sulfonamides is 1. The van der Waals surface area contributed by atoms with E-state index in [2.05, 4.69) is 10.2 Å². The van der Waals surface area contributed by atoms with Crippen LogP contribution in [0.4, 0.5) is 0 Å². The van der Waals surface area contributed by atoms with E-state index in [-0.39, 0.29) is 29.2 Å². The number of aromatic nitrogens is 2. The van der Waals surface area contributed by atoms with Crippen LogP contribution in [0.2, 0.25) is 0 Å². The van der Waals surface area contributed by atoms with Gasteiger partial charge in [0.05, 0.1) is 11.8 Å². The fraction of sp³-hybridized carbons (Fsp3) is 0.667. The van der Waals surface area contributed by atoms with Crippen LogP contribution >= 0.6 is 0 Å². The van der Waals surface area contributed by atoms with E-state index >= 15 is 0 Å². The summed E-state index contributed by atoms with van der Waals surface area (Å²) in [6.45, 7) is 0.743. The van der Waals surface area contributed by atoms with Crippen molar-refractivity contribution >= 4 is 16.0 Å². The Hall–Kier alpha value is -1.45. The Kier molecular flexibility index (Phi) is 3.72. The lowest BCUT2D eigenvalue weighted by Crippen LogP contribution is -2.21. The lowest BCUT2D eigenvalue weighted by molar-refractivity contribution is 0.0153. The van der Waals surface area contributed by atoms with Gasteiger partial charge in [0.1, 0.15) is 11.5 Å². The second kappa shape index (κ2) is 5.39. The van der Waals surface area contributed by atoms with Gasteiger partial charge in [0.25, 0.3) is 0 Å². The van der Waals surface area contributed by atoms with Crippen LogP contribution in [-0.2, 0) is 19.5 Å². The summed E-state index contributed by atoms with van der Waals surface area (Å²) < 4.78 is 33.9. The molecule has 0 radical (unpaired) electrons. The number of carbonyl (C=O) groups excluding carboxylic acids is 1. The highest BCUT2D eigenvalue weighted by Crippen LogP contribution is 2.42. The summed E-state index contributed by atoms with van der Waals surface area (Å²) in [5.41, 5.74) is 0.138. The van der Waals surface area contributed by atoms with Crippen LogP contribution in [0.5, 0.6) is 0 Å². The molecule has 0 amide bonds. The number of ether oxygens (including phenoxy) is 2. The Morgan fingerprint density at radius 2 is 2.19 bits per heavy atom. The molecule has 21 heavy (non-hydrogen) atoms. The molecular formula is C12H17N3O5S. The van der Waals surface area contributed by atoms with E-state index in [0.29, 0.717) is 12.3 Å². The van der Waals surface area contributed by atoms with Gasteiger partial charge in [-0.1, -0.05) is 0 Å². The molecule has 8 nitrogen and oxygen atoms in total. The zero-order valence-electron chi connectivity index (χ0n) is 11.4. The number of primary sulfonamides is 1. The maximum absolute atomic E-state index is 12.0. The monoisotopic (exact) mass is 315 g/mol. The number of hydrogen-bond donors (Lipinski definition) is 2. The molecule has 116 valence electrons. The molecule has 1 aliphatic heterocycles. The fourth-order valence-electron chi connectivity index (χ4n) is 2.43. The molecule has 1 aromatic rings. The van der Waals surface area contributed by atoms with Crippen LogP contribution in [0.25, 0.3) is 0 Å². The van der Waals surface area contributed by atoms with Crippen molar-refractivity contribution in [2.24, 2.45) is 5.14 Å². The van der Waals surface area contributed by atoms with E-state index in [1.165, 1.54) is 0 Å². The fourth-order valence-corrected chi connectivity index (χ4v) is 3.35. The molecule has 9 heteroatoms. The number of rotatable bonds is 5. The molecule has 0 spiro atoms. The predicted molar refractivity (Wildman–Crippen MR) is 71.2 cm³/mol. The van der Waals surface area contributed by atoms with E-state index in [4.69, 9.17) is 14.6 Å². The molecule has 1 atom stereocenters. The van der Waals surface area contributed by atoms with Gasteiger partial charge in [-0.15, -0.1) is 0 Å².